The van der Waals surface area contributed by atoms with E-state index in [2.05, 4.69) is 11.9 Å². The van der Waals surface area contributed by atoms with Crippen LogP contribution in [0, 0.1) is 0 Å². The summed E-state index contributed by atoms with van der Waals surface area (Å²) < 4.78 is 5.39. The molecule has 70 valence electrons. The number of nitrogens with zero attached hydrogens (tertiary/aromatic N) is 1. The van der Waals surface area contributed by atoms with E-state index in [4.69, 9.17) is 4.74 Å². The van der Waals surface area contributed by atoms with Crippen LogP contribution < -0.4 is 0 Å². The molecule has 0 radical (unpaired) electrons. The van der Waals surface area contributed by atoms with Crippen LogP contribution in [0.3, 0.4) is 0 Å². The lowest BCUT2D eigenvalue weighted by atomic mass is 10.0. The second kappa shape index (κ2) is 2.98. The lowest BCUT2D eigenvalue weighted by molar-refractivity contribution is 0.0151. The van der Waals surface area contributed by atoms with Gasteiger partial charge in [0.2, 0.25) is 0 Å². The summed E-state index contributed by atoms with van der Waals surface area (Å²) >= 11 is 0. The Hall–Kier alpha value is -0.120. The minimum absolute atomic E-state index is 0.101. The van der Waals surface area contributed by atoms with Gasteiger partial charge in [0.15, 0.2) is 0 Å². The van der Waals surface area contributed by atoms with E-state index in [1.807, 2.05) is 0 Å². The molecule has 2 saturated heterocycles. The molecule has 0 saturated carbocycles. The van der Waals surface area contributed by atoms with Gasteiger partial charge < -0.3 is 9.84 Å². The Balaban J connectivity index is 2.11. The highest BCUT2D eigenvalue weighted by molar-refractivity contribution is 4.99. The summed E-state index contributed by atoms with van der Waals surface area (Å²) in [4.78, 5) is 2.36. The highest BCUT2D eigenvalue weighted by Crippen LogP contribution is 2.35. The van der Waals surface area contributed by atoms with Crippen LogP contribution >= 0.6 is 0 Å². The van der Waals surface area contributed by atoms with Crippen molar-refractivity contribution in [2.45, 2.75) is 43.6 Å². The Morgan fingerprint density at radius 1 is 1.33 bits per heavy atom. The normalized spacial score (nSPS) is 48.2. The van der Waals surface area contributed by atoms with Crippen LogP contribution in [-0.2, 0) is 4.74 Å². The van der Waals surface area contributed by atoms with E-state index in [1.165, 1.54) is 0 Å². The quantitative estimate of drug-likeness (QED) is 0.613. The van der Waals surface area contributed by atoms with Crippen LogP contribution in [0.2, 0.25) is 0 Å². The van der Waals surface area contributed by atoms with Crippen molar-refractivity contribution in [2.75, 3.05) is 14.2 Å². The molecule has 0 amide bonds. The van der Waals surface area contributed by atoms with Gasteiger partial charge in [0.25, 0.3) is 0 Å². The van der Waals surface area contributed by atoms with Crippen LogP contribution in [0.4, 0.5) is 0 Å². The molecule has 2 heterocycles. The maximum Gasteiger partial charge on any atom is 0.0742 e. The molecule has 2 bridgehead atoms. The minimum atomic E-state index is -0.101. The average Bonchev–Trinajstić information content (AvgIpc) is 2.27. The number of ether oxygens (including phenoxy) is 1. The van der Waals surface area contributed by atoms with Crippen molar-refractivity contribution in [1.29, 1.82) is 0 Å². The molecule has 0 spiro atoms. The molecule has 0 unspecified atom stereocenters. The zero-order valence-corrected chi connectivity index (χ0v) is 7.73. The highest BCUT2D eigenvalue weighted by Gasteiger charge is 2.44. The van der Waals surface area contributed by atoms with Gasteiger partial charge in [-0.05, 0) is 26.3 Å². The average molecular weight is 171 g/mol. The lowest BCUT2D eigenvalue weighted by Gasteiger charge is -2.34. The maximum atomic E-state index is 9.54. The molecular weight excluding hydrogens is 154 g/mol. The van der Waals surface area contributed by atoms with Crippen LogP contribution in [-0.4, -0.2) is 48.5 Å². The molecule has 3 nitrogen and oxygen atoms in total. The fourth-order valence-corrected chi connectivity index (χ4v) is 2.65. The molecule has 1 N–H and O–H groups in total. The van der Waals surface area contributed by atoms with Crippen molar-refractivity contribution in [3.05, 3.63) is 0 Å². The third-order valence-corrected chi connectivity index (χ3v) is 3.39. The van der Waals surface area contributed by atoms with E-state index < -0.39 is 0 Å². The Labute approximate surface area is 73.3 Å². The van der Waals surface area contributed by atoms with Crippen molar-refractivity contribution < 1.29 is 9.84 Å². The van der Waals surface area contributed by atoms with E-state index >= 15 is 0 Å². The molecule has 2 aliphatic rings. The van der Waals surface area contributed by atoms with Gasteiger partial charge in [-0.1, -0.05) is 0 Å². The first-order chi connectivity index (χ1) is 5.72. The number of fused-ring (bicyclic) bond motifs is 2. The van der Waals surface area contributed by atoms with Crippen molar-refractivity contribution in [2.24, 2.45) is 0 Å². The summed E-state index contributed by atoms with van der Waals surface area (Å²) in [6.45, 7) is 0. The standard InChI is InChI=1S/C9H17NO2/c1-10-6-3-7(11)5-8(10)9(4-6)12-2/h6-9,11H,3-5H2,1-2H3/t6-,7-,8-,9+/m1/s1. The summed E-state index contributed by atoms with van der Waals surface area (Å²) in [7, 11) is 3.91. The van der Waals surface area contributed by atoms with Crippen LogP contribution in [0.1, 0.15) is 19.3 Å². The lowest BCUT2D eigenvalue weighted by Crippen LogP contribution is -2.44. The Bertz CT molecular complexity index is 174. The molecule has 0 aromatic heterocycles. The molecule has 0 aliphatic carbocycles. The molecule has 3 heteroatoms. The smallest absolute Gasteiger partial charge is 0.0742 e. The third kappa shape index (κ3) is 1.16. The largest absolute Gasteiger partial charge is 0.393 e. The molecule has 0 aromatic rings. The summed E-state index contributed by atoms with van der Waals surface area (Å²) in [5.74, 6) is 0. The zero-order valence-electron chi connectivity index (χ0n) is 7.73. The van der Waals surface area contributed by atoms with Crippen molar-refractivity contribution in [3.8, 4) is 0 Å². The highest BCUT2D eigenvalue weighted by atomic mass is 16.5. The minimum Gasteiger partial charge on any atom is -0.393 e. The van der Waals surface area contributed by atoms with Gasteiger partial charge in [-0.15, -0.1) is 0 Å². The summed E-state index contributed by atoms with van der Waals surface area (Å²) in [6.07, 6.45) is 3.14. The molecule has 12 heavy (non-hydrogen) atoms. The fraction of sp³-hybridized carbons (Fsp3) is 1.00. The topological polar surface area (TPSA) is 32.7 Å². The summed E-state index contributed by atoms with van der Waals surface area (Å²) in [6, 6.07) is 0.993. The first kappa shape index (κ1) is 8.48. The number of hydrogen-bond acceptors (Lipinski definition) is 3. The maximum absolute atomic E-state index is 9.54. The Morgan fingerprint density at radius 2 is 2.08 bits per heavy atom. The number of rotatable bonds is 1. The SMILES string of the molecule is CO[C@H]1C[C@H]2C[C@@H](O)C[C@H]1N2C. The number of likely N-dealkylation sites (N-methyl/N-ethyl adjacent to an activating group) is 1. The second-order valence-electron chi connectivity index (χ2n) is 4.02. The van der Waals surface area contributed by atoms with Crippen LogP contribution in [0.25, 0.3) is 0 Å². The van der Waals surface area contributed by atoms with E-state index in [-0.39, 0.29) is 6.10 Å². The summed E-state index contributed by atoms with van der Waals surface area (Å²) in [5.41, 5.74) is 0. The number of aliphatic hydroxyl groups is 1. The molecule has 2 rings (SSSR count). The van der Waals surface area contributed by atoms with Gasteiger partial charge in [0.05, 0.1) is 12.2 Å². The molecule has 4 atom stereocenters. The fourth-order valence-electron chi connectivity index (χ4n) is 2.65. The number of hydrogen-bond donors (Lipinski definition) is 1. The van der Waals surface area contributed by atoms with Gasteiger partial charge in [0.1, 0.15) is 0 Å². The van der Waals surface area contributed by atoms with Crippen molar-refractivity contribution in [1.82, 2.24) is 4.90 Å². The second-order valence-corrected chi connectivity index (χ2v) is 4.02. The van der Waals surface area contributed by atoms with E-state index in [9.17, 15) is 5.11 Å². The first-order valence-corrected chi connectivity index (χ1v) is 4.65. The summed E-state index contributed by atoms with van der Waals surface area (Å²) in [5, 5.41) is 9.54. The van der Waals surface area contributed by atoms with Crippen molar-refractivity contribution >= 4 is 0 Å². The molecular formula is C9H17NO2. The van der Waals surface area contributed by atoms with E-state index in [1.54, 1.807) is 7.11 Å². The Morgan fingerprint density at radius 3 is 2.75 bits per heavy atom. The van der Waals surface area contributed by atoms with Gasteiger partial charge in [0, 0.05) is 19.2 Å². The van der Waals surface area contributed by atoms with Gasteiger partial charge in [-0.3, -0.25) is 4.90 Å². The molecule has 2 fully saturated rings. The third-order valence-electron chi connectivity index (χ3n) is 3.39. The van der Waals surface area contributed by atoms with Crippen LogP contribution in [0.5, 0.6) is 0 Å². The first-order valence-electron chi connectivity index (χ1n) is 4.65. The zero-order chi connectivity index (χ0) is 8.72. The van der Waals surface area contributed by atoms with Crippen LogP contribution in [0.15, 0.2) is 0 Å². The van der Waals surface area contributed by atoms with Crippen molar-refractivity contribution in [3.63, 3.8) is 0 Å². The Kier molecular flexibility index (Phi) is 2.10. The van der Waals surface area contributed by atoms with Gasteiger partial charge >= 0.3 is 0 Å². The van der Waals surface area contributed by atoms with Gasteiger partial charge in [-0.2, -0.15) is 0 Å². The number of aliphatic hydroxyl groups excluding tert-OH is 1. The predicted molar refractivity (Wildman–Crippen MR) is 46.0 cm³/mol. The monoisotopic (exact) mass is 171 g/mol. The van der Waals surface area contributed by atoms with E-state index in [0.717, 1.165) is 19.3 Å². The van der Waals surface area contributed by atoms with Gasteiger partial charge in [-0.25, -0.2) is 0 Å². The van der Waals surface area contributed by atoms with E-state index in [0.29, 0.717) is 18.2 Å². The molecule has 2 aliphatic heterocycles. The molecule has 0 aromatic carbocycles. The number of methoxy groups -OCH3 is 1. The predicted octanol–water partition coefficient (Wildman–Crippen LogP) is 0.229. The number of piperidine rings is 1.